The highest BCUT2D eigenvalue weighted by atomic mass is 16.5. The Morgan fingerprint density at radius 3 is 2.81 bits per heavy atom. The molecule has 0 unspecified atom stereocenters. The van der Waals surface area contributed by atoms with Crippen molar-refractivity contribution in [2.45, 2.75) is 51.2 Å². The Labute approximate surface area is 155 Å². The Kier molecular flexibility index (Phi) is 4.83. The Morgan fingerprint density at radius 1 is 1.15 bits per heavy atom. The lowest BCUT2D eigenvalue weighted by atomic mass is 10.2. The molecule has 1 fully saturated rings. The van der Waals surface area contributed by atoms with Crippen molar-refractivity contribution in [2.24, 2.45) is 0 Å². The van der Waals surface area contributed by atoms with Crippen LogP contribution >= 0.6 is 0 Å². The monoisotopic (exact) mass is 350 g/mol. The molecule has 1 heterocycles. The van der Waals surface area contributed by atoms with E-state index in [1.165, 1.54) is 18.4 Å². The van der Waals surface area contributed by atoms with Gasteiger partial charge in [0, 0.05) is 24.0 Å². The van der Waals surface area contributed by atoms with Crippen molar-refractivity contribution in [3.8, 4) is 5.75 Å². The first-order valence-corrected chi connectivity index (χ1v) is 9.63. The van der Waals surface area contributed by atoms with E-state index in [1.807, 2.05) is 54.3 Å². The first-order valence-electron chi connectivity index (χ1n) is 9.63. The predicted molar refractivity (Wildman–Crippen MR) is 105 cm³/mol. The fourth-order valence-corrected chi connectivity index (χ4v) is 3.97. The summed E-state index contributed by atoms with van der Waals surface area (Å²) in [6.07, 6.45) is 6.06. The lowest BCUT2D eigenvalue weighted by Crippen LogP contribution is -2.40. The van der Waals surface area contributed by atoms with Crippen LogP contribution in [0.5, 0.6) is 5.75 Å². The van der Waals surface area contributed by atoms with Crippen LogP contribution in [0.1, 0.15) is 38.2 Å². The Hall–Kier alpha value is -2.49. The standard InChI is InChI=1S/C22H26N2O2/c1-16(22(25)24-14-13-17-7-2-5-12-21(17)24)23-18-8-6-11-20(15-18)26-19-9-3-4-10-19/h2,5-8,11-12,15-16,19,23H,3-4,9-10,13-14H2,1H3/t16-/m0/s1. The third-order valence-corrected chi connectivity index (χ3v) is 5.35. The van der Waals surface area contributed by atoms with Crippen molar-refractivity contribution in [1.29, 1.82) is 0 Å². The van der Waals surface area contributed by atoms with Crippen molar-refractivity contribution in [2.75, 3.05) is 16.8 Å². The molecule has 1 aliphatic heterocycles. The summed E-state index contributed by atoms with van der Waals surface area (Å²) in [6, 6.07) is 15.8. The predicted octanol–water partition coefficient (Wildman–Crippen LogP) is 4.40. The minimum Gasteiger partial charge on any atom is -0.490 e. The van der Waals surface area contributed by atoms with Gasteiger partial charge in [-0.05, 0) is 62.8 Å². The number of carbonyl (C=O) groups excluding carboxylic acids is 1. The van der Waals surface area contributed by atoms with Gasteiger partial charge in [-0.2, -0.15) is 0 Å². The summed E-state index contributed by atoms with van der Waals surface area (Å²) in [7, 11) is 0. The largest absolute Gasteiger partial charge is 0.490 e. The molecule has 1 N–H and O–H groups in total. The van der Waals surface area contributed by atoms with Crippen molar-refractivity contribution in [3.63, 3.8) is 0 Å². The third kappa shape index (κ3) is 3.55. The first kappa shape index (κ1) is 17.0. The molecule has 2 aromatic rings. The van der Waals surface area contributed by atoms with Crippen molar-refractivity contribution in [1.82, 2.24) is 0 Å². The van der Waals surface area contributed by atoms with Crippen LogP contribution in [0.4, 0.5) is 11.4 Å². The topological polar surface area (TPSA) is 41.6 Å². The van der Waals surface area contributed by atoms with Gasteiger partial charge in [-0.15, -0.1) is 0 Å². The zero-order valence-electron chi connectivity index (χ0n) is 15.3. The Bertz CT molecular complexity index is 783. The van der Waals surface area contributed by atoms with Crippen molar-refractivity contribution >= 4 is 17.3 Å². The highest BCUT2D eigenvalue weighted by Gasteiger charge is 2.27. The third-order valence-electron chi connectivity index (χ3n) is 5.35. The van der Waals surface area contributed by atoms with Gasteiger partial charge in [-0.1, -0.05) is 24.3 Å². The van der Waals surface area contributed by atoms with Crippen LogP contribution in [-0.4, -0.2) is 24.6 Å². The molecule has 1 saturated carbocycles. The molecule has 2 aromatic carbocycles. The molecule has 1 aliphatic carbocycles. The molecule has 0 radical (unpaired) electrons. The quantitative estimate of drug-likeness (QED) is 0.869. The van der Waals surface area contributed by atoms with Crippen LogP contribution in [0.15, 0.2) is 48.5 Å². The molecule has 26 heavy (non-hydrogen) atoms. The van der Waals surface area contributed by atoms with Gasteiger partial charge in [0.25, 0.3) is 0 Å². The number of nitrogens with one attached hydrogen (secondary N) is 1. The molecule has 4 heteroatoms. The molecule has 4 rings (SSSR count). The summed E-state index contributed by atoms with van der Waals surface area (Å²) in [6.45, 7) is 2.68. The van der Waals surface area contributed by atoms with Crippen molar-refractivity contribution in [3.05, 3.63) is 54.1 Å². The number of amides is 1. The van der Waals surface area contributed by atoms with Gasteiger partial charge in [0.05, 0.1) is 6.10 Å². The van der Waals surface area contributed by atoms with Crippen molar-refractivity contribution < 1.29 is 9.53 Å². The van der Waals surface area contributed by atoms with Crippen LogP contribution in [-0.2, 0) is 11.2 Å². The normalized spacial score (nSPS) is 17.8. The molecule has 0 spiro atoms. The number of ether oxygens (including phenoxy) is 1. The minimum atomic E-state index is -0.289. The maximum atomic E-state index is 12.9. The van der Waals surface area contributed by atoms with E-state index in [2.05, 4.69) is 11.4 Å². The molecule has 0 saturated heterocycles. The number of hydrogen-bond acceptors (Lipinski definition) is 3. The summed E-state index contributed by atoms with van der Waals surface area (Å²) in [5, 5.41) is 3.34. The number of carbonyl (C=O) groups is 1. The number of hydrogen-bond donors (Lipinski definition) is 1. The van der Waals surface area contributed by atoms with E-state index in [4.69, 9.17) is 4.74 Å². The number of benzene rings is 2. The molecule has 1 amide bonds. The molecule has 1 atom stereocenters. The zero-order chi connectivity index (χ0) is 17.9. The molecule has 2 aliphatic rings. The van der Waals surface area contributed by atoms with Gasteiger partial charge in [0.15, 0.2) is 0 Å². The minimum absolute atomic E-state index is 0.108. The number of anilines is 2. The van der Waals surface area contributed by atoms with E-state index < -0.39 is 0 Å². The Morgan fingerprint density at radius 2 is 1.96 bits per heavy atom. The first-order chi connectivity index (χ1) is 12.7. The second-order valence-electron chi connectivity index (χ2n) is 7.29. The second kappa shape index (κ2) is 7.40. The van der Waals surface area contributed by atoms with E-state index in [9.17, 15) is 4.79 Å². The van der Waals surface area contributed by atoms with E-state index in [0.29, 0.717) is 6.10 Å². The summed E-state index contributed by atoms with van der Waals surface area (Å²) in [5.41, 5.74) is 3.22. The molecular formula is C22H26N2O2. The molecule has 0 aromatic heterocycles. The number of fused-ring (bicyclic) bond motifs is 1. The number of rotatable bonds is 5. The van der Waals surface area contributed by atoms with E-state index in [1.54, 1.807) is 0 Å². The highest BCUT2D eigenvalue weighted by molar-refractivity contribution is 6.00. The van der Waals surface area contributed by atoms with Crippen LogP contribution in [0, 0.1) is 0 Å². The fourth-order valence-electron chi connectivity index (χ4n) is 3.97. The highest BCUT2D eigenvalue weighted by Crippen LogP contribution is 2.29. The molecule has 4 nitrogen and oxygen atoms in total. The summed E-state index contributed by atoms with van der Waals surface area (Å²) >= 11 is 0. The lowest BCUT2D eigenvalue weighted by molar-refractivity contribution is -0.118. The van der Waals surface area contributed by atoms with Gasteiger partial charge in [0.1, 0.15) is 11.8 Å². The van der Waals surface area contributed by atoms with E-state index in [0.717, 1.165) is 42.9 Å². The maximum absolute atomic E-state index is 12.9. The van der Waals surface area contributed by atoms with Crippen LogP contribution in [0.3, 0.4) is 0 Å². The summed E-state index contributed by atoms with van der Waals surface area (Å²) in [5.74, 6) is 0.991. The lowest BCUT2D eigenvalue weighted by Gasteiger charge is -2.23. The SMILES string of the molecule is C[C@H](Nc1cccc(OC2CCCC2)c1)C(=O)N1CCc2ccccc21. The number of para-hydroxylation sites is 1. The number of nitrogens with zero attached hydrogens (tertiary/aromatic N) is 1. The molecule has 136 valence electrons. The Balaban J connectivity index is 1.41. The van der Waals surface area contributed by atoms with Crippen LogP contribution in [0.25, 0.3) is 0 Å². The fraction of sp³-hybridized carbons (Fsp3) is 0.409. The van der Waals surface area contributed by atoms with E-state index >= 15 is 0 Å². The van der Waals surface area contributed by atoms with E-state index in [-0.39, 0.29) is 11.9 Å². The van der Waals surface area contributed by atoms with Crippen LogP contribution < -0.4 is 15.0 Å². The van der Waals surface area contributed by atoms with Crippen LogP contribution in [0.2, 0.25) is 0 Å². The average Bonchev–Trinajstić information content (AvgIpc) is 3.31. The molecular weight excluding hydrogens is 324 g/mol. The second-order valence-corrected chi connectivity index (χ2v) is 7.29. The van der Waals surface area contributed by atoms with Gasteiger partial charge >= 0.3 is 0 Å². The smallest absolute Gasteiger partial charge is 0.249 e. The van der Waals surface area contributed by atoms with Gasteiger partial charge in [-0.3, -0.25) is 4.79 Å². The summed E-state index contributed by atoms with van der Waals surface area (Å²) < 4.78 is 6.07. The maximum Gasteiger partial charge on any atom is 0.249 e. The summed E-state index contributed by atoms with van der Waals surface area (Å²) in [4.78, 5) is 14.8. The van der Waals surface area contributed by atoms with Gasteiger partial charge in [-0.25, -0.2) is 0 Å². The molecule has 0 bridgehead atoms. The van der Waals surface area contributed by atoms with Gasteiger partial charge in [0.2, 0.25) is 5.91 Å². The van der Waals surface area contributed by atoms with Gasteiger partial charge < -0.3 is 15.0 Å². The average molecular weight is 350 g/mol. The zero-order valence-corrected chi connectivity index (χ0v) is 15.3.